The first-order valence-corrected chi connectivity index (χ1v) is 5.67. The fourth-order valence-corrected chi connectivity index (χ4v) is 1.63. The molecule has 0 saturated heterocycles. The van der Waals surface area contributed by atoms with E-state index in [2.05, 4.69) is 29.4 Å². The van der Waals surface area contributed by atoms with Gasteiger partial charge in [0, 0.05) is 13.1 Å². The Morgan fingerprint density at radius 3 is 2.60 bits per heavy atom. The monoisotopic (exact) mass is 211 g/mol. The van der Waals surface area contributed by atoms with E-state index in [1.54, 1.807) is 0 Å². The summed E-state index contributed by atoms with van der Waals surface area (Å²) in [5.74, 6) is 1.71. The van der Waals surface area contributed by atoms with Gasteiger partial charge in [-0.1, -0.05) is 13.3 Å². The van der Waals surface area contributed by atoms with Gasteiger partial charge in [-0.25, -0.2) is 0 Å². The van der Waals surface area contributed by atoms with E-state index >= 15 is 0 Å². The van der Waals surface area contributed by atoms with Crippen molar-refractivity contribution in [2.75, 3.05) is 11.9 Å². The van der Waals surface area contributed by atoms with Gasteiger partial charge < -0.3 is 11.1 Å². The number of aromatic nitrogens is 3. The number of hydrogen-bond acceptors (Lipinski definition) is 4. The molecule has 0 bridgehead atoms. The Morgan fingerprint density at radius 2 is 2.07 bits per heavy atom. The Hall–Kier alpha value is -1.10. The van der Waals surface area contributed by atoms with Crippen LogP contribution in [0.3, 0.4) is 0 Å². The van der Waals surface area contributed by atoms with Crippen LogP contribution in [0.5, 0.6) is 0 Å². The van der Waals surface area contributed by atoms with Crippen LogP contribution in [0.2, 0.25) is 0 Å². The van der Waals surface area contributed by atoms with Crippen LogP contribution in [0.15, 0.2) is 0 Å². The maximum atomic E-state index is 6.04. The molecule has 1 atom stereocenters. The van der Waals surface area contributed by atoms with Gasteiger partial charge in [0.25, 0.3) is 0 Å². The first-order valence-electron chi connectivity index (χ1n) is 5.67. The zero-order valence-electron chi connectivity index (χ0n) is 9.82. The molecule has 0 aliphatic rings. The fourth-order valence-electron chi connectivity index (χ4n) is 1.63. The summed E-state index contributed by atoms with van der Waals surface area (Å²) in [6, 6.07) is -0.00476. The third-order valence-electron chi connectivity index (χ3n) is 2.36. The molecule has 5 heteroatoms. The van der Waals surface area contributed by atoms with E-state index < -0.39 is 0 Å². The minimum atomic E-state index is -0.00476. The second-order valence-electron chi connectivity index (χ2n) is 3.55. The number of nitrogens with two attached hydrogens (primary N) is 1. The molecule has 0 spiro atoms. The smallest absolute Gasteiger partial charge is 0.224 e. The van der Waals surface area contributed by atoms with Crippen molar-refractivity contribution in [3.8, 4) is 0 Å². The van der Waals surface area contributed by atoms with Gasteiger partial charge >= 0.3 is 0 Å². The average molecular weight is 211 g/mol. The van der Waals surface area contributed by atoms with Crippen molar-refractivity contribution in [1.29, 1.82) is 0 Å². The summed E-state index contributed by atoms with van der Waals surface area (Å²) in [6.07, 6.45) is 2.01. The minimum absolute atomic E-state index is 0.00476. The number of nitrogens with zero attached hydrogens (tertiary/aromatic N) is 3. The van der Waals surface area contributed by atoms with Crippen molar-refractivity contribution in [3.05, 3.63) is 5.82 Å². The first kappa shape index (κ1) is 12.0. The largest absolute Gasteiger partial charge is 0.355 e. The molecular formula is C10H21N5. The number of rotatable bonds is 6. The van der Waals surface area contributed by atoms with Crippen LogP contribution in [0.1, 0.15) is 45.5 Å². The highest BCUT2D eigenvalue weighted by molar-refractivity contribution is 5.26. The van der Waals surface area contributed by atoms with Crippen molar-refractivity contribution in [3.63, 3.8) is 0 Å². The van der Waals surface area contributed by atoms with E-state index in [4.69, 9.17) is 5.73 Å². The van der Waals surface area contributed by atoms with Crippen molar-refractivity contribution < 1.29 is 0 Å². The average Bonchev–Trinajstić information content (AvgIpc) is 2.62. The Bertz CT molecular complexity index is 294. The Morgan fingerprint density at radius 1 is 1.33 bits per heavy atom. The SMILES string of the molecule is CCC[C@@H](N)c1nnc(NCC)n1CC. The Labute approximate surface area is 91.1 Å². The van der Waals surface area contributed by atoms with E-state index in [0.717, 1.165) is 37.7 Å². The molecule has 3 N–H and O–H groups in total. The van der Waals surface area contributed by atoms with E-state index in [0.29, 0.717) is 0 Å². The minimum Gasteiger partial charge on any atom is -0.355 e. The van der Waals surface area contributed by atoms with Gasteiger partial charge in [-0.05, 0) is 20.3 Å². The lowest BCUT2D eigenvalue weighted by atomic mass is 10.2. The topological polar surface area (TPSA) is 68.8 Å². The number of nitrogens with one attached hydrogen (secondary N) is 1. The summed E-state index contributed by atoms with van der Waals surface area (Å²) >= 11 is 0. The highest BCUT2D eigenvalue weighted by atomic mass is 15.4. The molecule has 1 heterocycles. The molecule has 0 aliphatic carbocycles. The van der Waals surface area contributed by atoms with Crippen molar-refractivity contribution in [2.45, 2.75) is 46.2 Å². The lowest BCUT2D eigenvalue weighted by Crippen LogP contribution is -2.17. The molecule has 0 fully saturated rings. The van der Waals surface area contributed by atoms with E-state index in [1.165, 1.54) is 0 Å². The summed E-state index contributed by atoms with van der Waals surface area (Å²) in [5, 5.41) is 11.4. The van der Waals surface area contributed by atoms with Crippen LogP contribution in [-0.2, 0) is 6.54 Å². The van der Waals surface area contributed by atoms with Crippen LogP contribution in [0.25, 0.3) is 0 Å². The first-order chi connectivity index (χ1) is 7.24. The van der Waals surface area contributed by atoms with Crippen molar-refractivity contribution >= 4 is 5.95 Å². The standard InChI is InChI=1S/C10H21N5/c1-4-7-8(11)9-13-14-10(12-5-2)15(9)6-3/h8H,4-7,11H2,1-3H3,(H,12,14)/t8-/m1/s1. The van der Waals surface area contributed by atoms with E-state index in [1.807, 2.05) is 11.5 Å². The van der Waals surface area contributed by atoms with Crippen LogP contribution in [-0.4, -0.2) is 21.3 Å². The zero-order valence-corrected chi connectivity index (χ0v) is 9.82. The molecular weight excluding hydrogens is 190 g/mol. The van der Waals surface area contributed by atoms with Gasteiger partial charge in [-0.2, -0.15) is 0 Å². The molecule has 1 aromatic rings. The van der Waals surface area contributed by atoms with Gasteiger partial charge in [0.15, 0.2) is 5.82 Å². The summed E-state index contributed by atoms with van der Waals surface area (Å²) in [7, 11) is 0. The summed E-state index contributed by atoms with van der Waals surface area (Å²) in [6.45, 7) is 7.94. The van der Waals surface area contributed by atoms with Crippen LogP contribution < -0.4 is 11.1 Å². The van der Waals surface area contributed by atoms with Crippen LogP contribution in [0, 0.1) is 0 Å². The number of hydrogen-bond donors (Lipinski definition) is 2. The molecule has 1 rings (SSSR count). The normalized spacial score (nSPS) is 12.8. The maximum absolute atomic E-state index is 6.04. The third kappa shape index (κ3) is 2.68. The highest BCUT2D eigenvalue weighted by Crippen LogP contribution is 2.17. The Balaban J connectivity index is 2.87. The third-order valence-corrected chi connectivity index (χ3v) is 2.36. The molecule has 0 saturated carbocycles. The molecule has 0 unspecified atom stereocenters. The van der Waals surface area contributed by atoms with Gasteiger partial charge in [0.2, 0.25) is 5.95 Å². The lowest BCUT2D eigenvalue weighted by molar-refractivity contribution is 0.560. The van der Waals surface area contributed by atoms with E-state index in [9.17, 15) is 0 Å². The van der Waals surface area contributed by atoms with Crippen LogP contribution in [0.4, 0.5) is 5.95 Å². The summed E-state index contributed by atoms with van der Waals surface area (Å²) in [5.41, 5.74) is 6.04. The quantitative estimate of drug-likeness (QED) is 0.748. The predicted octanol–water partition coefficient (Wildman–Crippen LogP) is 1.53. The zero-order chi connectivity index (χ0) is 11.3. The maximum Gasteiger partial charge on any atom is 0.224 e. The summed E-state index contributed by atoms with van der Waals surface area (Å²) < 4.78 is 2.05. The lowest BCUT2D eigenvalue weighted by Gasteiger charge is -2.12. The fraction of sp³-hybridized carbons (Fsp3) is 0.800. The molecule has 0 aliphatic heterocycles. The number of anilines is 1. The van der Waals surface area contributed by atoms with Gasteiger partial charge in [-0.15, -0.1) is 10.2 Å². The molecule has 15 heavy (non-hydrogen) atoms. The summed E-state index contributed by atoms with van der Waals surface area (Å²) in [4.78, 5) is 0. The van der Waals surface area contributed by atoms with Crippen molar-refractivity contribution in [2.24, 2.45) is 5.73 Å². The van der Waals surface area contributed by atoms with Crippen molar-refractivity contribution in [1.82, 2.24) is 14.8 Å². The predicted molar refractivity (Wildman–Crippen MR) is 61.7 cm³/mol. The molecule has 0 amide bonds. The van der Waals surface area contributed by atoms with Gasteiger partial charge in [0.05, 0.1) is 6.04 Å². The molecule has 0 aromatic carbocycles. The molecule has 1 aromatic heterocycles. The molecule has 5 nitrogen and oxygen atoms in total. The molecule has 86 valence electrons. The van der Waals surface area contributed by atoms with Gasteiger partial charge in [0.1, 0.15) is 0 Å². The van der Waals surface area contributed by atoms with Crippen LogP contribution >= 0.6 is 0 Å². The Kier molecular flexibility index (Phi) is 4.55. The highest BCUT2D eigenvalue weighted by Gasteiger charge is 2.15. The molecule has 0 radical (unpaired) electrons. The second-order valence-corrected chi connectivity index (χ2v) is 3.55. The van der Waals surface area contributed by atoms with E-state index in [-0.39, 0.29) is 6.04 Å². The van der Waals surface area contributed by atoms with Gasteiger partial charge in [-0.3, -0.25) is 4.57 Å². The second kappa shape index (κ2) is 5.70.